The van der Waals surface area contributed by atoms with E-state index in [2.05, 4.69) is 17.4 Å². The van der Waals surface area contributed by atoms with E-state index in [1.165, 1.54) is 24.8 Å². The molecule has 0 bridgehead atoms. The van der Waals surface area contributed by atoms with Crippen molar-refractivity contribution < 1.29 is 9.53 Å². The maximum Gasteiger partial charge on any atom is 0.255 e. The minimum absolute atomic E-state index is 0.0165. The fourth-order valence-electron chi connectivity index (χ4n) is 3.21. The van der Waals surface area contributed by atoms with Crippen LogP contribution in [0.5, 0.6) is 5.75 Å². The van der Waals surface area contributed by atoms with E-state index < -0.39 is 0 Å². The van der Waals surface area contributed by atoms with Crippen LogP contribution in [0.4, 0.5) is 0 Å². The van der Waals surface area contributed by atoms with E-state index in [9.17, 15) is 4.79 Å². The molecule has 0 aromatic heterocycles. The maximum atomic E-state index is 12.6. The topological polar surface area (TPSA) is 38.3 Å². The Bertz CT molecular complexity index is 648. The molecule has 3 heteroatoms. The van der Waals surface area contributed by atoms with Gasteiger partial charge in [0.15, 0.2) is 0 Å². The smallest absolute Gasteiger partial charge is 0.255 e. The summed E-state index contributed by atoms with van der Waals surface area (Å²) >= 11 is 0. The second-order valence-electron chi connectivity index (χ2n) is 6.39. The highest BCUT2D eigenvalue weighted by Crippen LogP contribution is 2.21. The van der Waals surface area contributed by atoms with Gasteiger partial charge in [-0.2, -0.15) is 0 Å². The van der Waals surface area contributed by atoms with Crippen LogP contribution >= 0.6 is 0 Å². The van der Waals surface area contributed by atoms with Gasteiger partial charge in [-0.25, -0.2) is 0 Å². The predicted octanol–water partition coefficient (Wildman–Crippen LogP) is 4.37. The summed E-state index contributed by atoms with van der Waals surface area (Å²) in [6.07, 6.45) is 6.71. The van der Waals surface area contributed by atoms with E-state index in [0.29, 0.717) is 24.0 Å². The Balaban J connectivity index is 1.58. The molecule has 3 rings (SSSR count). The first-order chi connectivity index (χ1) is 11.8. The molecular formula is C21H25NO2. The first-order valence-electron chi connectivity index (χ1n) is 8.89. The number of carbonyl (C=O) groups is 1. The Kier molecular flexibility index (Phi) is 5.89. The predicted molar refractivity (Wildman–Crippen MR) is 96.4 cm³/mol. The van der Waals surface area contributed by atoms with E-state index in [0.717, 1.165) is 19.3 Å². The molecule has 1 N–H and O–H groups in total. The third kappa shape index (κ3) is 4.60. The summed E-state index contributed by atoms with van der Waals surface area (Å²) in [6.45, 7) is 0.567. The van der Waals surface area contributed by atoms with Crippen molar-refractivity contribution in [1.82, 2.24) is 5.32 Å². The fraction of sp³-hybridized carbons (Fsp3) is 0.381. The van der Waals surface area contributed by atoms with Gasteiger partial charge in [-0.05, 0) is 30.5 Å². The molecule has 2 aromatic rings. The average Bonchev–Trinajstić information content (AvgIpc) is 2.64. The number of amides is 1. The summed E-state index contributed by atoms with van der Waals surface area (Å²) < 4.78 is 5.89. The number of para-hydroxylation sites is 1. The molecular weight excluding hydrogens is 298 g/mol. The van der Waals surface area contributed by atoms with Crippen LogP contribution < -0.4 is 10.1 Å². The van der Waals surface area contributed by atoms with Crippen LogP contribution in [0.2, 0.25) is 0 Å². The highest BCUT2D eigenvalue weighted by atomic mass is 16.5. The zero-order chi connectivity index (χ0) is 16.6. The molecule has 1 fully saturated rings. The molecule has 1 saturated carbocycles. The monoisotopic (exact) mass is 323 g/mol. The Morgan fingerprint density at radius 2 is 1.67 bits per heavy atom. The van der Waals surface area contributed by atoms with Crippen molar-refractivity contribution in [3.8, 4) is 5.75 Å². The van der Waals surface area contributed by atoms with Gasteiger partial charge in [0, 0.05) is 12.5 Å². The van der Waals surface area contributed by atoms with Crippen molar-refractivity contribution in [3.63, 3.8) is 0 Å². The highest BCUT2D eigenvalue weighted by Gasteiger charge is 2.18. The Hall–Kier alpha value is -2.29. The van der Waals surface area contributed by atoms with Gasteiger partial charge < -0.3 is 10.1 Å². The average molecular weight is 323 g/mol. The Labute approximate surface area is 144 Å². The maximum absolute atomic E-state index is 12.6. The Morgan fingerprint density at radius 1 is 0.958 bits per heavy atom. The van der Waals surface area contributed by atoms with Crippen molar-refractivity contribution in [2.45, 2.75) is 44.6 Å². The molecule has 126 valence electrons. The lowest BCUT2D eigenvalue weighted by Crippen LogP contribution is -2.36. The molecule has 2 aromatic carbocycles. The number of hydrogen-bond acceptors (Lipinski definition) is 2. The highest BCUT2D eigenvalue weighted by molar-refractivity contribution is 5.97. The number of rotatable bonds is 6. The molecule has 24 heavy (non-hydrogen) atoms. The van der Waals surface area contributed by atoms with E-state index in [1.807, 2.05) is 42.5 Å². The quantitative estimate of drug-likeness (QED) is 0.857. The second kappa shape index (κ2) is 8.53. The van der Waals surface area contributed by atoms with Gasteiger partial charge in [0.05, 0.1) is 12.2 Å². The van der Waals surface area contributed by atoms with Crippen LogP contribution in [0.1, 0.15) is 48.0 Å². The van der Waals surface area contributed by atoms with Crippen LogP contribution in [0, 0.1) is 0 Å². The van der Waals surface area contributed by atoms with Gasteiger partial charge in [-0.3, -0.25) is 4.79 Å². The number of hydrogen-bond donors (Lipinski definition) is 1. The fourth-order valence-corrected chi connectivity index (χ4v) is 3.21. The molecule has 0 radical (unpaired) electrons. The molecule has 0 atom stereocenters. The molecule has 1 amide bonds. The normalized spacial score (nSPS) is 15.0. The van der Waals surface area contributed by atoms with E-state index >= 15 is 0 Å². The minimum atomic E-state index is -0.0165. The molecule has 0 unspecified atom stereocenters. The third-order valence-corrected chi connectivity index (χ3v) is 4.56. The summed E-state index contributed by atoms with van der Waals surface area (Å²) in [7, 11) is 0. The largest absolute Gasteiger partial charge is 0.492 e. The third-order valence-electron chi connectivity index (χ3n) is 4.56. The lowest BCUT2D eigenvalue weighted by Gasteiger charge is -2.23. The van der Waals surface area contributed by atoms with Crippen molar-refractivity contribution in [3.05, 3.63) is 65.7 Å². The molecule has 3 nitrogen and oxygen atoms in total. The second-order valence-corrected chi connectivity index (χ2v) is 6.39. The van der Waals surface area contributed by atoms with Gasteiger partial charge in [0.1, 0.15) is 5.75 Å². The lowest BCUT2D eigenvalue weighted by atomic mass is 9.95. The molecule has 0 spiro atoms. The minimum Gasteiger partial charge on any atom is -0.492 e. The molecule has 1 aliphatic rings. The summed E-state index contributed by atoms with van der Waals surface area (Å²) in [4.78, 5) is 12.6. The first kappa shape index (κ1) is 16.6. The standard InChI is InChI=1S/C21H25NO2/c23-21(22-18-11-5-2-6-12-18)19-13-7-8-14-20(19)24-16-15-17-9-3-1-4-10-17/h1,3-4,7-10,13-14,18H,2,5-6,11-12,15-16H2,(H,22,23). The molecule has 0 aliphatic heterocycles. The molecule has 0 heterocycles. The molecule has 1 aliphatic carbocycles. The summed E-state index contributed by atoms with van der Waals surface area (Å²) in [6, 6.07) is 18.1. The van der Waals surface area contributed by atoms with Gasteiger partial charge in [0.25, 0.3) is 5.91 Å². The number of ether oxygens (including phenoxy) is 1. The lowest BCUT2D eigenvalue weighted by molar-refractivity contribution is 0.0923. The van der Waals surface area contributed by atoms with Gasteiger partial charge in [0.2, 0.25) is 0 Å². The Morgan fingerprint density at radius 3 is 2.46 bits per heavy atom. The summed E-state index contributed by atoms with van der Waals surface area (Å²) in [5, 5.41) is 3.16. The van der Waals surface area contributed by atoms with Crippen LogP contribution in [0.15, 0.2) is 54.6 Å². The number of carbonyl (C=O) groups excluding carboxylic acids is 1. The van der Waals surface area contributed by atoms with E-state index in [4.69, 9.17) is 4.74 Å². The first-order valence-corrected chi connectivity index (χ1v) is 8.89. The van der Waals surface area contributed by atoms with Gasteiger partial charge in [-0.15, -0.1) is 0 Å². The van der Waals surface area contributed by atoms with Gasteiger partial charge in [-0.1, -0.05) is 61.7 Å². The van der Waals surface area contributed by atoms with Crippen molar-refractivity contribution >= 4 is 5.91 Å². The summed E-state index contributed by atoms with van der Waals surface area (Å²) in [5.41, 5.74) is 1.87. The van der Waals surface area contributed by atoms with Gasteiger partial charge >= 0.3 is 0 Å². The van der Waals surface area contributed by atoms with Crippen LogP contribution in [-0.4, -0.2) is 18.6 Å². The van der Waals surface area contributed by atoms with Crippen molar-refractivity contribution in [2.24, 2.45) is 0 Å². The van der Waals surface area contributed by atoms with E-state index in [-0.39, 0.29) is 5.91 Å². The number of benzene rings is 2. The van der Waals surface area contributed by atoms with E-state index in [1.54, 1.807) is 0 Å². The zero-order valence-electron chi connectivity index (χ0n) is 14.0. The number of nitrogens with one attached hydrogen (secondary N) is 1. The zero-order valence-corrected chi connectivity index (χ0v) is 14.0. The van der Waals surface area contributed by atoms with Crippen molar-refractivity contribution in [1.29, 1.82) is 0 Å². The van der Waals surface area contributed by atoms with Crippen LogP contribution in [-0.2, 0) is 6.42 Å². The van der Waals surface area contributed by atoms with Crippen molar-refractivity contribution in [2.75, 3.05) is 6.61 Å². The summed E-state index contributed by atoms with van der Waals surface area (Å²) in [5.74, 6) is 0.652. The molecule has 0 saturated heterocycles. The SMILES string of the molecule is O=C(NC1CCCCC1)c1ccccc1OCCc1ccccc1. The van der Waals surface area contributed by atoms with Crippen LogP contribution in [0.3, 0.4) is 0 Å². The van der Waals surface area contributed by atoms with Crippen LogP contribution in [0.25, 0.3) is 0 Å².